The molecule has 6 heteroatoms. The van der Waals surface area contributed by atoms with Gasteiger partial charge in [-0.3, -0.25) is 9.78 Å². The van der Waals surface area contributed by atoms with Crippen molar-refractivity contribution in [1.82, 2.24) is 15.2 Å². The zero-order valence-corrected chi connectivity index (χ0v) is 15.3. The van der Waals surface area contributed by atoms with E-state index in [9.17, 15) is 4.79 Å². The smallest absolute Gasteiger partial charge is 0.255 e. The number of carbonyl (C=O) groups excluding carboxylic acids is 1. The van der Waals surface area contributed by atoms with E-state index >= 15 is 0 Å². The predicted molar refractivity (Wildman–Crippen MR) is 101 cm³/mol. The van der Waals surface area contributed by atoms with Crippen molar-refractivity contribution in [3.05, 3.63) is 41.6 Å². The van der Waals surface area contributed by atoms with E-state index in [1.54, 1.807) is 0 Å². The molecule has 0 saturated carbocycles. The fraction of sp³-hybridized carbons (Fsp3) is 0.444. The number of nitrogens with zero attached hydrogens (tertiary/aromatic N) is 2. The Morgan fingerprint density at radius 3 is 2.75 bits per heavy atom. The van der Waals surface area contributed by atoms with E-state index in [1.807, 2.05) is 37.3 Å². The number of nitrogens with one attached hydrogen (secondary N) is 1. The zero-order chi connectivity index (χ0) is 15.1. The Morgan fingerprint density at radius 1 is 1.17 bits per heavy atom. The monoisotopic (exact) mass is 367 g/mol. The Bertz CT molecular complexity index is 723. The predicted octanol–water partition coefficient (Wildman–Crippen LogP) is 3.35. The molecule has 24 heavy (non-hydrogen) atoms. The van der Waals surface area contributed by atoms with E-state index in [-0.39, 0.29) is 30.7 Å². The van der Waals surface area contributed by atoms with Crippen LogP contribution in [-0.2, 0) is 0 Å². The van der Waals surface area contributed by atoms with Crippen molar-refractivity contribution >= 4 is 41.6 Å². The minimum absolute atomic E-state index is 0. The molecular weight excluding hydrogens is 345 g/mol. The summed E-state index contributed by atoms with van der Waals surface area (Å²) < 4.78 is 0. The van der Waals surface area contributed by atoms with Crippen molar-refractivity contribution < 1.29 is 4.79 Å². The summed E-state index contributed by atoms with van der Waals surface area (Å²) in [6.45, 7) is 3.90. The topological polar surface area (TPSA) is 45.2 Å². The highest BCUT2D eigenvalue weighted by atomic mass is 35.5. The molecule has 2 fully saturated rings. The first kappa shape index (κ1) is 19.0. The van der Waals surface area contributed by atoms with Gasteiger partial charge in [-0.2, -0.15) is 0 Å². The first-order chi connectivity index (χ1) is 10.7. The Morgan fingerprint density at radius 2 is 1.92 bits per heavy atom. The minimum Gasteiger partial charge on any atom is -0.331 e. The van der Waals surface area contributed by atoms with Crippen LogP contribution in [0.25, 0.3) is 10.9 Å². The summed E-state index contributed by atoms with van der Waals surface area (Å²) in [6, 6.07) is 10.6. The molecule has 0 aliphatic carbocycles. The van der Waals surface area contributed by atoms with Crippen LogP contribution in [0.5, 0.6) is 0 Å². The van der Waals surface area contributed by atoms with Gasteiger partial charge in [0.2, 0.25) is 0 Å². The molecule has 1 aromatic heterocycles. The van der Waals surface area contributed by atoms with Crippen molar-refractivity contribution in [2.75, 3.05) is 13.1 Å². The third-order valence-corrected chi connectivity index (χ3v) is 4.96. The number of aryl methyl sites for hydroxylation is 1. The number of benzene rings is 1. The number of fused-ring (bicyclic) bond motifs is 3. The highest BCUT2D eigenvalue weighted by molar-refractivity contribution is 6.06. The quantitative estimate of drug-likeness (QED) is 0.840. The summed E-state index contributed by atoms with van der Waals surface area (Å²) in [5.41, 5.74) is 2.62. The number of rotatable bonds is 1. The molecule has 2 saturated heterocycles. The van der Waals surface area contributed by atoms with Crippen molar-refractivity contribution in [2.45, 2.75) is 38.3 Å². The minimum atomic E-state index is 0. The molecule has 2 unspecified atom stereocenters. The van der Waals surface area contributed by atoms with Crippen LogP contribution >= 0.6 is 24.8 Å². The van der Waals surface area contributed by atoms with Gasteiger partial charge in [0.15, 0.2) is 0 Å². The average Bonchev–Trinajstić information content (AvgIpc) is 2.78. The SMILES string of the molecule is Cc1cc(C(=O)N2C3CCNCC2CC3)c2ccccc2n1.Cl.Cl. The Kier molecular flexibility index (Phi) is 6.07. The number of para-hydroxylation sites is 1. The van der Waals surface area contributed by atoms with E-state index < -0.39 is 0 Å². The molecule has 2 bridgehead atoms. The lowest BCUT2D eigenvalue weighted by Crippen LogP contribution is -2.42. The number of aromatic nitrogens is 1. The molecule has 2 aliphatic heterocycles. The molecule has 0 spiro atoms. The molecule has 2 aromatic rings. The van der Waals surface area contributed by atoms with Crippen molar-refractivity contribution in [3.63, 3.8) is 0 Å². The molecule has 2 aliphatic rings. The van der Waals surface area contributed by atoms with Gasteiger partial charge in [-0.05, 0) is 44.9 Å². The van der Waals surface area contributed by atoms with Crippen LogP contribution in [0.15, 0.2) is 30.3 Å². The maximum Gasteiger partial charge on any atom is 0.255 e. The maximum absolute atomic E-state index is 13.2. The van der Waals surface area contributed by atoms with Crippen LogP contribution < -0.4 is 5.32 Å². The number of halogens is 2. The van der Waals surface area contributed by atoms with Crippen molar-refractivity contribution in [1.29, 1.82) is 0 Å². The molecule has 130 valence electrons. The summed E-state index contributed by atoms with van der Waals surface area (Å²) in [4.78, 5) is 19.9. The first-order valence-corrected chi connectivity index (χ1v) is 8.14. The number of hydrogen-bond donors (Lipinski definition) is 1. The van der Waals surface area contributed by atoms with E-state index in [2.05, 4.69) is 15.2 Å². The van der Waals surface area contributed by atoms with Crippen molar-refractivity contribution in [2.24, 2.45) is 0 Å². The molecule has 4 rings (SSSR count). The summed E-state index contributed by atoms with van der Waals surface area (Å²) in [5, 5.41) is 4.42. The number of amides is 1. The number of pyridine rings is 1. The Hall–Kier alpha value is -1.36. The largest absolute Gasteiger partial charge is 0.331 e. The first-order valence-electron chi connectivity index (χ1n) is 8.14. The average molecular weight is 368 g/mol. The fourth-order valence-corrected chi connectivity index (χ4v) is 3.94. The molecule has 1 N–H and O–H groups in total. The zero-order valence-electron chi connectivity index (χ0n) is 13.7. The third-order valence-electron chi connectivity index (χ3n) is 4.96. The van der Waals surface area contributed by atoms with Crippen LogP contribution in [0.3, 0.4) is 0 Å². The molecule has 3 heterocycles. The second-order valence-electron chi connectivity index (χ2n) is 6.42. The van der Waals surface area contributed by atoms with E-state index in [0.29, 0.717) is 12.1 Å². The van der Waals surface area contributed by atoms with Gasteiger partial charge >= 0.3 is 0 Å². The van der Waals surface area contributed by atoms with E-state index in [0.717, 1.165) is 54.5 Å². The Labute approximate surface area is 154 Å². The lowest BCUT2D eigenvalue weighted by Gasteiger charge is -2.28. The number of carbonyl (C=O) groups is 1. The van der Waals surface area contributed by atoms with Crippen LogP contribution in [-0.4, -0.2) is 41.0 Å². The molecular formula is C18H23Cl2N3O. The van der Waals surface area contributed by atoms with Crippen LogP contribution in [0.2, 0.25) is 0 Å². The molecule has 4 nitrogen and oxygen atoms in total. The molecule has 1 amide bonds. The van der Waals surface area contributed by atoms with Gasteiger partial charge in [-0.25, -0.2) is 0 Å². The van der Waals surface area contributed by atoms with Crippen LogP contribution in [0, 0.1) is 6.92 Å². The molecule has 0 radical (unpaired) electrons. The van der Waals surface area contributed by atoms with Gasteiger partial charge in [-0.15, -0.1) is 24.8 Å². The summed E-state index contributed by atoms with van der Waals surface area (Å²) in [6.07, 6.45) is 3.32. The lowest BCUT2D eigenvalue weighted by atomic mass is 10.1. The van der Waals surface area contributed by atoms with Crippen LogP contribution in [0.4, 0.5) is 0 Å². The standard InChI is InChI=1S/C18H21N3O.2ClH/c1-12-10-16(15-4-2-3-5-17(15)20-12)18(22)21-13-6-7-14(21)11-19-9-8-13;;/h2-5,10,13-14,19H,6-9,11H2,1H3;2*1H. The summed E-state index contributed by atoms with van der Waals surface area (Å²) >= 11 is 0. The second-order valence-corrected chi connectivity index (χ2v) is 6.42. The summed E-state index contributed by atoms with van der Waals surface area (Å²) in [7, 11) is 0. The number of hydrogen-bond acceptors (Lipinski definition) is 3. The van der Waals surface area contributed by atoms with Gasteiger partial charge in [-0.1, -0.05) is 18.2 Å². The fourth-order valence-electron chi connectivity index (χ4n) is 3.94. The van der Waals surface area contributed by atoms with E-state index in [4.69, 9.17) is 0 Å². The van der Waals surface area contributed by atoms with Gasteiger partial charge in [0.05, 0.1) is 11.1 Å². The molecule has 1 aromatic carbocycles. The lowest BCUT2D eigenvalue weighted by molar-refractivity contribution is 0.0682. The molecule has 2 atom stereocenters. The van der Waals surface area contributed by atoms with E-state index in [1.165, 1.54) is 0 Å². The highest BCUT2D eigenvalue weighted by Crippen LogP contribution is 2.31. The normalized spacial score (nSPS) is 22.5. The Balaban J connectivity index is 0.00000104. The second kappa shape index (κ2) is 7.68. The summed E-state index contributed by atoms with van der Waals surface area (Å²) in [5.74, 6) is 0.179. The maximum atomic E-state index is 13.2. The van der Waals surface area contributed by atoms with Gasteiger partial charge in [0, 0.05) is 29.7 Å². The van der Waals surface area contributed by atoms with Crippen LogP contribution in [0.1, 0.15) is 35.3 Å². The third kappa shape index (κ3) is 3.23. The highest BCUT2D eigenvalue weighted by Gasteiger charge is 2.38. The van der Waals surface area contributed by atoms with Gasteiger partial charge < -0.3 is 10.2 Å². The van der Waals surface area contributed by atoms with Gasteiger partial charge in [0.1, 0.15) is 0 Å². The van der Waals surface area contributed by atoms with Crippen molar-refractivity contribution in [3.8, 4) is 0 Å². The van der Waals surface area contributed by atoms with Gasteiger partial charge in [0.25, 0.3) is 5.91 Å².